The molecule has 0 aromatic heterocycles. The number of unbranched alkanes of at least 4 members (excludes halogenated alkanes) is 4. The molecule has 24 heavy (non-hydrogen) atoms. The minimum absolute atomic E-state index is 0.134. The average molecular weight is 341 g/mol. The maximum atomic E-state index is 10.8. The first kappa shape index (κ1) is 24.7. The van der Waals surface area contributed by atoms with Crippen LogP contribution < -0.4 is 0 Å². The van der Waals surface area contributed by atoms with Gasteiger partial charge in [0, 0.05) is 0 Å². The van der Waals surface area contributed by atoms with Crippen molar-refractivity contribution in [3.05, 3.63) is 24.3 Å². The number of ether oxygens (including phenoxy) is 2. The van der Waals surface area contributed by atoms with Gasteiger partial charge in [0.1, 0.15) is 0 Å². The molecule has 0 fully saturated rings. The topological polar surface area (TPSA) is 52.6 Å². The lowest BCUT2D eigenvalue weighted by atomic mass is 10.2. The molecule has 0 atom stereocenters. The van der Waals surface area contributed by atoms with Gasteiger partial charge in [0.2, 0.25) is 0 Å². The summed E-state index contributed by atoms with van der Waals surface area (Å²) in [6.45, 7) is 8.89. The highest BCUT2D eigenvalue weighted by Gasteiger charge is 1.95. The van der Waals surface area contributed by atoms with Crippen LogP contribution >= 0.6 is 0 Å². The third-order valence-corrected chi connectivity index (χ3v) is 2.96. The van der Waals surface area contributed by atoms with Crippen molar-refractivity contribution in [2.45, 2.75) is 79.1 Å². The lowest BCUT2D eigenvalue weighted by Gasteiger charge is -1.96. The number of hydrogen-bond donors (Lipinski definition) is 0. The van der Waals surface area contributed by atoms with Crippen molar-refractivity contribution in [3.8, 4) is 0 Å². The highest BCUT2D eigenvalue weighted by molar-refractivity contribution is 5.71. The van der Waals surface area contributed by atoms with Gasteiger partial charge in [-0.3, -0.25) is 9.59 Å². The molecule has 0 unspecified atom stereocenters. The van der Waals surface area contributed by atoms with E-state index >= 15 is 0 Å². The smallest absolute Gasteiger partial charge is 0.309 e. The van der Waals surface area contributed by atoms with Gasteiger partial charge >= 0.3 is 11.9 Å². The van der Waals surface area contributed by atoms with E-state index in [0.29, 0.717) is 26.1 Å². The van der Waals surface area contributed by atoms with E-state index in [1.165, 1.54) is 25.7 Å². The second-order valence-electron chi connectivity index (χ2n) is 5.25. The van der Waals surface area contributed by atoms with E-state index in [2.05, 4.69) is 13.8 Å². The number of esters is 2. The first-order chi connectivity index (χ1) is 11.6. The Kier molecular flexibility index (Phi) is 22.0. The fraction of sp³-hybridized carbons (Fsp3) is 0.700. The van der Waals surface area contributed by atoms with Gasteiger partial charge in [0.25, 0.3) is 0 Å². The van der Waals surface area contributed by atoms with E-state index in [-0.39, 0.29) is 11.9 Å². The van der Waals surface area contributed by atoms with Gasteiger partial charge in [-0.1, -0.05) is 63.8 Å². The Morgan fingerprint density at radius 3 is 1.33 bits per heavy atom. The zero-order valence-electron chi connectivity index (χ0n) is 16.0. The Labute approximate surface area is 148 Å². The quantitative estimate of drug-likeness (QED) is 0.272. The molecule has 0 aromatic carbocycles. The number of allylic oxidation sites excluding steroid dienone is 2. The van der Waals surface area contributed by atoms with Gasteiger partial charge in [-0.25, -0.2) is 0 Å². The molecule has 0 aromatic rings. The van der Waals surface area contributed by atoms with Gasteiger partial charge in [-0.05, 0) is 26.7 Å². The average Bonchev–Trinajstić information content (AvgIpc) is 2.56. The molecule has 0 aliphatic heterocycles. The van der Waals surface area contributed by atoms with Crippen LogP contribution in [0, 0.1) is 0 Å². The molecule has 0 bridgehead atoms. The fourth-order valence-corrected chi connectivity index (χ4v) is 1.68. The third-order valence-electron chi connectivity index (χ3n) is 2.96. The van der Waals surface area contributed by atoms with E-state index in [4.69, 9.17) is 9.47 Å². The van der Waals surface area contributed by atoms with E-state index in [9.17, 15) is 9.59 Å². The third kappa shape index (κ3) is 22.7. The predicted molar refractivity (Wildman–Crippen MR) is 99.8 cm³/mol. The van der Waals surface area contributed by atoms with Crippen molar-refractivity contribution < 1.29 is 19.1 Å². The van der Waals surface area contributed by atoms with Crippen LogP contribution in [0.25, 0.3) is 0 Å². The monoisotopic (exact) mass is 340 g/mol. The lowest BCUT2D eigenvalue weighted by Crippen LogP contribution is -2.01. The molecule has 4 heteroatoms. The second kappa shape index (κ2) is 21.4. The van der Waals surface area contributed by atoms with Crippen LogP contribution in [0.15, 0.2) is 24.3 Å². The van der Waals surface area contributed by atoms with E-state index in [1.54, 1.807) is 0 Å². The molecule has 0 radical (unpaired) electrons. The normalized spacial score (nSPS) is 10.5. The van der Waals surface area contributed by atoms with Gasteiger partial charge in [0.05, 0.1) is 26.1 Å². The summed E-state index contributed by atoms with van der Waals surface area (Å²) in [5, 5.41) is 0. The molecular formula is C20H36O4. The van der Waals surface area contributed by atoms with E-state index in [1.807, 2.05) is 38.2 Å². The SMILES string of the molecule is CCCCC=CCC(=O)OCC.CCCCC=CCC(=O)OCC. The molecule has 0 heterocycles. The molecule has 0 amide bonds. The summed E-state index contributed by atoms with van der Waals surface area (Å²) < 4.78 is 9.52. The summed E-state index contributed by atoms with van der Waals surface area (Å²) in [6, 6.07) is 0. The summed E-state index contributed by atoms with van der Waals surface area (Å²) in [7, 11) is 0. The lowest BCUT2D eigenvalue weighted by molar-refractivity contribution is -0.143. The maximum Gasteiger partial charge on any atom is 0.309 e. The van der Waals surface area contributed by atoms with E-state index < -0.39 is 0 Å². The van der Waals surface area contributed by atoms with Gasteiger partial charge in [-0.15, -0.1) is 0 Å². The summed E-state index contributed by atoms with van der Waals surface area (Å²) in [5.41, 5.74) is 0. The van der Waals surface area contributed by atoms with Crippen LogP contribution in [0.1, 0.15) is 79.1 Å². The molecule has 0 aliphatic carbocycles. The Hall–Kier alpha value is -1.58. The van der Waals surface area contributed by atoms with Gasteiger partial charge in [-0.2, -0.15) is 0 Å². The van der Waals surface area contributed by atoms with Gasteiger partial charge < -0.3 is 9.47 Å². The molecular weight excluding hydrogens is 304 g/mol. The molecule has 140 valence electrons. The summed E-state index contributed by atoms with van der Waals surface area (Å²) in [6.07, 6.45) is 15.6. The Morgan fingerprint density at radius 1 is 0.667 bits per heavy atom. The zero-order chi connectivity index (χ0) is 18.5. The van der Waals surface area contributed by atoms with Crippen LogP contribution in [0.2, 0.25) is 0 Å². The Balaban J connectivity index is 0. The molecule has 4 nitrogen and oxygen atoms in total. The number of carbonyl (C=O) groups excluding carboxylic acids is 2. The van der Waals surface area contributed by atoms with Crippen molar-refractivity contribution in [1.29, 1.82) is 0 Å². The molecule has 0 saturated heterocycles. The number of rotatable bonds is 12. The standard InChI is InChI=1S/2C10H18O2/c2*1-3-5-6-7-8-9-10(11)12-4-2/h2*7-8H,3-6,9H2,1-2H3. The minimum Gasteiger partial charge on any atom is -0.466 e. The van der Waals surface area contributed by atoms with Crippen LogP contribution in [0.5, 0.6) is 0 Å². The van der Waals surface area contributed by atoms with E-state index in [0.717, 1.165) is 12.8 Å². The predicted octanol–water partition coefficient (Wildman–Crippen LogP) is 5.37. The summed E-state index contributed by atoms with van der Waals surface area (Å²) >= 11 is 0. The zero-order valence-corrected chi connectivity index (χ0v) is 16.0. The van der Waals surface area contributed by atoms with Crippen molar-refractivity contribution in [2.75, 3.05) is 13.2 Å². The summed E-state index contributed by atoms with van der Waals surface area (Å²) in [5.74, 6) is -0.268. The largest absolute Gasteiger partial charge is 0.466 e. The second-order valence-corrected chi connectivity index (χ2v) is 5.25. The van der Waals surface area contributed by atoms with Crippen LogP contribution in [0.4, 0.5) is 0 Å². The Morgan fingerprint density at radius 2 is 1.04 bits per heavy atom. The molecule has 0 aliphatic rings. The van der Waals surface area contributed by atoms with Crippen molar-refractivity contribution in [2.24, 2.45) is 0 Å². The number of hydrogen-bond acceptors (Lipinski definition) is 4. The minimum atomic E-state index is -0.134. The first-order valence-corrected chi connectivity index (χ1v) is 9.23. The molecule has 0 rings (SSSR count). The van der Waals surface area contributed by atoms with Crippen molar-refractivity contribution in [1.82, 2.24) is 0 Å². The maximum absolute atomic E-state index is 10.8. The highest BCUT2D eigenvalue weighted by Crippen LogP contribution is 1.97. The van der Waals surface area contributed by atoms with Crippen LogP contribution in [-0.2, 0) is 19.1 Å². The molecule has 0 N–H and O–H groups in total. The highest BCUT2D eigenvalue weighted by atomic mass is 16.5. The first-order valence-electron chi connectivity index (χ1n) is 9.23. The molecule has 0 spiro atoms. The number of carbonyl (C=O) groups is 2. The Bertz CT molecular complexity index is 312. The molecule has 0 saturated carbocycles. The van der Waals surface area contributed by atoms with Crippen molar-refractivity contribution in [3.63, 3.8) is 0 Å². The van der Waals surface area contributed by atoms with Crippen molar-refractivity contribution >= 4 is 11.9 Å². The van der Waals surface area contributed by atoms with Crippen LogP contribution in [0.3, 0.4) is 0 Å². The van der Waals surface area contributed by atoms with Gasteiger partial charge in [0.15, 0.2) is 0 Å². The summed E-state index contributed by atoms with van der Waals surface area (Å²) in [4.78, 5) is 21.6. The fourth-order valence-electron chi connectivity index (χ4n) is 1.68. The van der Waals surface area contributed by atoms with Crippen LogP contribution in [-0.4, -0.2) is 25.2 Å².